The van der Waals surface area contributed by atoms with Crippen molar-refractivity contribution in [3.63, 3.8) is 0 Å². The second kappa shape index (κ2) is 10.1. The molecule has 10 aromatic rings. The van der Waals surface area contributed by atoms with E-state index in [0.29, 0.717) is 0 Å². The topological polar surface area (TPSA) is 14.8 Å². The smallest absolute Gasteiger partial charge is 0.0635 e. The van der Waals surface area contributed by atoms with Crippen molar-refractivity contribution in [3.05, 3.63) is 176 Å². The van der Waals surface area contributed by atoms with Crippen LogP contribution in [0.25, 0.3) is 82.7 Å². The van der Waals surface area contributed by atoms with Gasteiger partial charge in [0.15, 0.2) is 0 Å². The van der Waals surface area contributed by atoms with Crippen LogP contribution in [0.5, 0.6) is 0 Å². The molecule has 0 aliphatic heterocycles. The number of nitrogens with zero attached hydrogens (tertiary/aromatic N) is 3. The van der Waals surface area contributed by atoms with Gasteiger partial charge in [-0.1, -0.05) is 109 Å². The maximum atomic E-state index is 2.48. The van der Waals surface area contributed by atoms with Gasteiger partial charge in [-0.3, -0.25) is 0 Å². The molecule has 0 atom stereocenters. The van der Waals surface area contributed by atoms with Gasteiger partial charge in [-0.05, 0) is 71.8 Å². The van der Waals surface area contributed by atoms with Gasteiger partial charge in [-0.2, -0.15) is 0 Å². The molecule has 10 rings (SSSR count). The first-order valence-electron chi connectivity index (χ1n) is 16.1. The molecule has 0 fully saturated rings. The molecule has 0 aliphatic rings. The molecule has 7 aromatic carbocycles. The van der Waals surface area contributed by atoms with Crippen LogP contribution in [-0.4, -0.2) is 13.7 Å². The van der Waals surface area contributed by atoms with Gasteiger partial charge < -0.3 is 13.7 Å². The van der Waals surface area contributed by atoms with E-state index in [1.807, 2.05) is 0 Å². The summed E-state index contributed by atoms with van der Waals surface area (Å²) in [5.74, 6) is 0. The molecular formula is C44H29N3. The number of hydrogen-bond donors (Lipinski definition) is 0. The SMILES string of the molecule is c1ccc(-c2cc(-n3c4ccccc4c4ccccc43)cc(-n3c4ccccc4c4ccc5c(ccn5-c5ccccc5)c43)c2)cc1. The van der Waals surface area contributed by atoms with E-state index in [-0.39, 0.29) is 0 Å². The number of fused-ring (bicyclic) bond motifs is 8. The Kier molecular flexibility index (Phi) is 5.57. The van der Waals surface area contributed by atoms with Crippen molar-refractivity contribution < 1.29 is 0 Å². The van der Waals surface area contributed by atoms with Crippen molar-refractivity contribution in [1.82, 2.24) is 13.7 Å². The lowest BCUT2D eigenvalue weighted by atomic mass is 10.0. The fourth-order valence-electron chi connectivity index (χ4n) is 7.61. The van der Waals surface area contributed by atoms with Crippen LogP contribution >= 0.6 is 0 Å². The molecular weight excluding hydrogens is 571 g/mol. The summed E-state index contributed by atoms with van der Waals surface area (Å²) in [6.45, 7) is 0. The van der Waals surface area contributed by atoms with Gasteiger partial charge in [0.25, 0.3) is 0 Å². The lowest BCUT2D eigenvalue weighted by Crippen LogP contribution is -2.00. The van der Waals surface area contributed by atoms with Crippen LogP contribution in [0.1, 0.15) is 0 Å². The fourth-order valence-corrected chi connectivity index (χ4v) is 7.61. The van der Waals surface area contributed by atoms with Gasteiger partial charge in [-0.15, -0.1) is 0 Å². The molecule has 220 valence electrons. The fraction of sp³-hybridized carbons (Fsp3) is 0. The number of para-hydroxylation sites is 4. The molecule has 47 heavy (non-hydrogen) atoms. The van der Waals surface area contributed by atoms with Crippen molar-refractivity contribution in [2.24, 2.45) is 0 Å². The van der Waals surface area contributed by atoms with Gasteiger partial charge in [-0.25, -0.2) is 0 Å². The third-order valence-electron chi connectivity index (χ3n) is 9.64. The monoisotopic (exact) mass is 599 g/mol. The van der Waals surface area contributed by atoms with Crippen LogP contribution in [0.15, 0.2) is 176 Å². The predicted octanol–water partition coefficient (Wildman–Crippen LogP) is 11.5. The molecule has 0 amide bonds. The van der Waals surface area contributed by atoms with Crippen molar-refractivity contribution in [2.75, 3.05) is 0 Å². The molecule has 0 saturated carbocycles. The Balaban J connectivity index is 1.33. The highest BCUT2D eigenvalue weighted by Gasteiger charge is 2.19. The Morgan fingerprint density at radius 2 is 0.830 bits per heavy atom. The molecule has 3 heterocycles. The normalized spacial score (nSPS) is 11.8. The summed E-state index contributed by atoms with van der Waals surface area (Å²) in [4.78, 5) is 0. The zero-order valence-electron chi connectivity index (χ0n) is 25.6. The summed E-state index contributed by atoms with van der Waals surface area (Å²) in [7, 11) is 0. The van der Waals surface area contributed by atoms with E-state index in [9.17, 15) is 0 Å². The summed E-state index contributed by atoms with van der Waals surface area (Å²) in [6.07, 6.45) is 2.20. The van der Waals surface area contributed by atoms with Crippen LogP contribution in [0.3, 0.4) is 0 Å². The minimum atomic E-state index is 1.13. The quantitative estimate of drug-likeness (QED) is 0.191. The molecule has 3 nitrogen and oxygen atoms in total. The first-order valence-corrected chi connectivity index (χ1v) is 16.1. The molecule has 0 unspecified atom stereocenters. The van der Waals surface area contributed by atoms with Crippen molar-refractivity contribution in [2.45, 2.75) is 0 Å². The van der Waals surface area contributed by atoms with Crippen molar-refractivity contribution in [1.29, 1.82) is 0 Å². The predicted molar refractivity (Wildman–Crippen MR) is 197 cm³/mol. The Morgan fingerprint density at radius 3 is 1.49 bits per heavy atom. The van der Waals surface area contributed by atoms with E-state index >= 15 is 0 Å². The average Bonchev–Trinajstić information content (AvgIpc) is 3.82. The molecule has 0 spiro atoms. The molecule has 3 heteroatoms. The molecule has 0 saturated heterocycles. The molecule has 3 aromatic heterocycles. The Morgan fingerprint density at radius 1 is 0.298 bits per heavy atom. The molecule has 0 radical (unpaired) electrons. The first kappa shape index (κ1) is 26.0. The van der Waals surface area contributed by atoms with E-state index in [1.165, 1.54) is 65.6 Å². The van der Waals surface area contributed by atoms with Gasteiger partial charge >= 0.3 is 0 Å². The van der Waals surface area contributed by atoms with Crippen molar-refractivity contribution in [3.8, 4) is 28.2 Å². The second-order valence-corrected chi connectivity index (χ2v) is 12.2. The Bertz CT molecular complexity index is 2720. The Labute approximate surface area is 271 Å². The van der Waals surface area contributed by atoms with Crippen LogP contribution in [0.4, 0.5) is 0 Å². The average molecular weight is 600 g/mol. The summed E-state index contributed by atoms with van der Waals surface area (Å²) < 4.78 is 7.20. The number of rotatable bonds is 4. The maximum absolute atomic E-state index is 2.48. The second-order valence-electron chi connectivity index (χ2n) is 12.2. The lowest BCUT2D eigenvalue weighted by molar-refractivity contribution is 1.13. The number of aromatic nitrogens is 3. The molecule has 0 N–H and O–H groups in total. The zero-order valence-corrected chi connectivity index (χ0v) is 25.6. The van der Waals surface area contributed by atoms with Gasteiger partial charge in [0, 0.05) is 50.2 Å². The largest absolute Gasteiger partial charge is 0.316 e. The van der Waals surface area contributed by atoms with E-state index in [4.69, 9.17) is 0 Å². The van der Waals surface area contributed by atoms with E-state index in [2.05, 4.69) is 190 Å². The van der Waals surface area contributed by atoms with E-state index in [0.717, 1.165) is 17.1 Å². The van der Waals surface area contributed by atoms with Crippen molar-refractivity contribution >= 4 is 54.5 Å². The standard InChI is InChI=1S/C44H29N3/c1-3-13-30(14-4-1)31-27-33(46-41-20-10-7-17-35(41)36-18-8-11-21-42(36)46)29-34(28-31)47-43-22-12-9-19-37(43)38-23-24-40-39(44(38)47)25-26-45(40)32-15-5-2-6-16-32/h1-29H. The highest BCUT2D eigenvalue weighted by Crippen LogP contribution is 2.40. The van der Waals surface area contributed by atoms with Crippen LogP contribution in [-0.2, 0) is 0 Å². The minimum Gasteiger partial charge on any atom is -0.316 e. The third kappa shape index (κ3) is 3.87. The van der Waals surface area contributed by atoms with Crippen LogP contribution in [0, 0.1) is 0 Å². The lowest BCUT2D eigenvalue weighted by Gasteiger charge is -2.16. The minimum absolute atomic E-state index is 1.13. The van der Waals surface area contributed by atoms with Gasteiger partial charge in [0.05, 0.1) is 27.6 Å². The highest BCUT2D eigenvalue weighted by atomic mass is 15.0. The van der Waals surface area contributed by atoms with E-state index in [1.54, 1.807) is 0 Å². The highest BCUT2D eigenvalue weighted by molar-refractivity contribution is 6.18. The summed E-state index contributed by atoms with van der Waals surface area (Å²) in [5.41, 5.74) is 11.8. The van der Waals surface area contributed by atoms with Gasteiger partial charge in [0.2, 0.25) is 0 Å². The summed E-state index contributed by atoms with van der Waals surface area (Å²) >= 11 is 0. The molecule has 0 aliphatic carbocycles. The maximum Gasteiger partial charge on any atom is 0.0635 e. The van der Waals surface area contributed by atoms with E-state index < -0.39 is 0 Å². The first-order chi connectivity index (χ1) is 23.3. The number of benzene rings is 7. The summed E-state index contributed by atoms with van der Waals surface area (Å²) in [6, 6.07) is 61.5. The molecule has 0 bridgehead atoms. The number of hydrogen-bond acceptors (Lipinski definition) is 0. The van der Waals surface area contributed by atoms with Gasteiger partial charge in [0.1, 0.15) is 0 Å². The van der Waals surface area contributed by atoms with Crippen LogP contribution in [0.2, 0.25) is 0 Å². The Hall–Kier alpha value is -6.32. The zero-order chi connectivity index (χ0) is 30.9. The third-order valence-corrected chi connectivity index (χ3v) is 9.64. The summed E-state index contributed by atoms with van der Waals surface area (Å²) in [5, 5.41) is 6.25. The van der Waals surface area contributed by atoms with Crippen LogP contribution < -0.4 is 0 Å².